The molecule has 7 nitrogen and oxygen atoms in total. The first-order valence-electron chi connectivity index (χ1n) is 9.49. The number of fused-ring (bicyclic) bond motifs is 2. The molecule has 0 saturated heterocycles. The zero-order valence-electron chi connectivity index (χ0n) is 16.1. The molecule has 0 unspecified atom stereocenters. The Hall–Kier alpha value is -3.49. The van der Waals surface area contributed by atoms with Gasteiger partial charge in [-0.2, -0.15) is 0 Å². The summed E-state index contributed by atoms with van der Waals surface area (Å²) < 4.78 is 3.60. The third-order valence-corrected chi connectivity index (χ3v) is 5.93. The SMILES string of the molecule is O=C(Cc1cn2ccsc2n1)N=Nc1c(O)n(Cc2ccc(Cl)cc2)c2ccccc12. The van der Waals surface area contributed by atoms with Crippen LogP contribution in [0.4, 0.5) is 5.69 Å². The van der Waals surface area contributed by atoms with Gasteiger partial charge < -0.3 is 9.67 Å². The van der Waals surface area contributed by atoms with Gasteiger partial charge in [0.2, 0.25) is 5.88 Å². The van der Waals surface area contributed by atoms with Crippen LogP contribution in [0.1, 0.15) is 11.3 Å². The molecule has 0 bridgehead atoms. The second-order valence-electron chi connectivity index (χ2n) is 7.00. The van der Waals surface area contributed by atoms with Gasteiger partial charge in [0.1, 0.15) is 0 Å². The zero-order chi connectivity index (χ0) is 21.4. The lowest BCUT2D eigenvalue weighted by Crippen LogP contribution is -1.98. The van der Waals surface area contributed by atoms with E-state index in [0.29, 0.717) is 22.6 Å². The summed E-state index contributed by atoms with van der Waals surface area (Å²) in [6.45, 7) is 0.429. The predicted octanol–water partition coefficient (Wildman–Crippen LogP) is 5.61. The van der Waals surface area contributed by atoms with Crippen molar-refractivity contribution in [2.24, 2.45) is 10.2 Å². The van der Waals surface area contributed by atoms with Gasteiger partial charge in [-0.3, -0.25) is 9.20 Å². The Balaban J connectivity index is 1.43. The van der Waals surface area contributed by atoms with Crippen LogP contribution >= 0.6 is 22.9 Å². The maximum Gasteiger partial charge on any atom is 0.270 e. The number of aromatic nitrogens is 3. The van der Waals surface area contributed by atoms with E-state index in [1.165, 1.54) is 11.3 Å². The number of rotatable bonds is 5. The summed E-state index contributed by atoms with van der Waals surface area (Å²) in [6.07, 6.45) is 3.73. The van der Waals surface area contributed by atoms with Crippen molar-refractivity contribution in [2.45, 2.75) is 13.0 Å². The normalized spacial score (nSPS) is 11.8. The van der Waals surface area contributed by atoms with Gasteiger partial charge in [-0.1, -0.05) is 41.9 Å². The molecule has 2 aromatic carbocycles. The number of nitrogens with zero attached hydrogens (tertiary/aromatic N) is 5. The summed E-state index contributed by atoms with van der Waals surface area (Å²) in [5.74, 6) is -0.477. The Bertz CT molecular complexity index is 1400. The van der Waals surface area contributed by atoms with E-state index in [1.54, 1.807) is 22.9 Å². The Kier molecular flexibility index (Phi) is 5.01. The average molecular weight is 450 g/mol. The lowest BCUT2D eigenvalue weighted by Gasteiger charge is -2.07. The summed E-state index contributed by atoms with van der Waals surface area (Å²) in [5.41, 5.74) is 2.67. The summed E-state index contributed by atoms with van der Waals surface area (Å²) in [6, 6.07) is 14.9. The van der Waals surface area contributed by atoms with Crippen molar-refractivity contribution in [3.05, 3.63) is 82.6 Å². The van der Waals surface area contributed by atoms with E-state index < -0.39 is 5.91 Å². The largest absolute Gasteiger partial charge is 0.493 e. The highest BCUT2D eigenvalue weighted by atomic mass is 35.5. The molecule has 1 N–H and O–H groups in total. The maximum atomic E-state index is 12.4. The third-order valence-electron chi connectivity index (χ3n) is 4.91. The number of hydrogen-bond acceptors (Lipinski definition) is 5. The molecule has 9 heteroatoms. The molecule has 0 aliphatic rings. The Labute approximate surface area is 185 Å². The highest BCUT2D eigenvalue weighted by Crippen LogP contribution is 2.39. The maximum absolute atomic E-state index is 12.4. The molecule has 0 aliphatic carbocycles. The zero-order valence-corrected chi connectivity index (χ0v) is 17.7. The van der Waals surface area contributed by atoms with Crippen LogP contribution in [0.15, 0.2) is 76.5 Å². The minimum Gasteiger partial charge on any atom is -0.493 e. The van der Waals surface area contributed by atoms with Gasteiger partial charge in [-0.15, -0.1) is 21.6 Å². The number of imidazole rings is 1. The summed E-state index contributed by atoms with van der Waals surface area (Å²) in [5, 5.41) is 22.1. The van der Waals surface area contributed by atoms with E-state index in [-0.39, 0.29) is 18.0 Å². The highest BCUT2D eigenvalue weighted by Gasteiger charge is 2.17. The van der Waals surface area contributed by atoms with Gasteiger partial charge >= 0.3 is 0 Å². The van der Waals surface area contributed by atoms with Gasteiger partial charge in [-0.05, 0) is 23.8 Å². The molecule has 3 heterocycles. The fourth-order valence-electron chi connectivity index (χ4n) is 3.46. The molecule has 0 atom stereocenters. The molecule has 154 valence electrons. The number of carbonyl (C=O) groups excluding carboxylic acids is 1. The predicted molar refractivity (Wildman–Crippen MR) is 120 cm³/mol. The monoisotopic (exact) mass is 449 g/mol. The van der Waals surface area contributed by atoms with Gasteiger partial charge in [0, 0.05) is 28.2 Å². The average Bonchev–Trinajstić information content (AvgIpc) is 3.42. The van der Waals surface area contributed by atoms with E-state index in [2.05, 4.69) is 15.2 Å². The van der Waals surface area contributed by atoms with Crippen molar-refractivity contribution in [1.29, 1.82) is 0 Å². The molecule has 0 spiro atoms. The van der Waals surface area contributed by atoms with Crippen LogP contribution in [0.3, 0.4) is 0 Å². The number of azo groups is 1. The van der Waals surface area contributed by atoms with Gasteiger partial charge in [-0.25, -0.2) is 4.98 Å². The first-order valence-corrected chi connectivity index (χ1v) is 10.7. The summed E-state index contributed by atoms with van der Waals surface area (Å²) in [4.78, 5) is 17.6. The van der Waals surface area contributed by atoms with Crippen molar-refractivity contribution >= 4 is 50.4 Å². The van der Waals surface area contributed by atoms with E-state index in [0.717, 1.165) is 16.0 Å². The van der Waals surface area contributed by atoms with E-state index in [9.17, 15) is 9.90 Å². The molecule has 0 radical (unpaired) electrons. The number of amides is 1. The summed E-state index contributed by atoms with van der Waals surface area (Å²) >= 11 is 7.47. The van der Waals surface area contributed by atoms with Gasteiger partial charge in [0.15, 0.2) is 10.6 Å². The van der Waals surface area contributed by atoms with Crippen molar-refractivity contribution in [2.75, 3.05) is 0 Å². The lowest BCUT2D eigenvalue weighted by atomic mass is 10.2. The Morgan fingerprint density at radius 3 is 2.77 bits per heavy atom. The van der Waals surface area contributed by atoms with Gasteiger partial charge in [0.25, 0.3) is 5.91 Å². The van der Waals surface area contributed by atoms with Crippen molar-refractivity contribution in [3.63, 3.8) is 0 Å². The molecule has 1 amide bonds. The third kappa shape index (κ3) is 3.83. The van der Waals surface area contributed by atoms with Crippen LogP contribution in [0, 0.1) is 0 Å². The molecule has 0 saturated carbocycles. The van der Waals surface area contributed by atoms with Crippen molar-refractivity contribution in [1.82, 2.24) is 14.0 Å². The quantitative estimate of drug-likeness (QED) is 0.354. The molecular formula is C22H16ClN5O2S. The number of carbonyl (C=O) groups is 1. The molecular weight excluding hydrogens is 434 g/mol. The van der Waals surface area contributed by atoms with Crippen molar-refractivity contribution in [3.8, 4) is 5.88 Å². The second-order valence-corrected chi connectivity index (χ2v) is 8.31. The summed E-state index contributed by atoms with van der Waals surface area (Å²) in [7, 11) is 0. The Morgan fingerprint density at radius 2 is 1.97 bits per heavy atom. The van der Waals surface area contributed by atoms with E-state index >= 15 is 0 Å². The lowest BCUT2D eigenvalue weighted by molar-refractivity contribution is -0.117. The van der Waals surface area contributed by atoms with E-state index in [1.807, 2.05) is 52.4 Å². The standard InChI is InChI=1S/C22H16ClN5O2S/c23-15-7-5-14(6-8-15)12-28-18-4-2-1-3-17(18)20(21(28)30)26-25-19(29)11-16-13-27-9-10-31-22(27)24-16/h1-10,13,30H,11-12H2. The number of halogens is 1. The molecule has 31 heavy (non-hydrogen) atoms. The molecule has 0 aliphatic heterocycles. The number of benzene rings is 2. The molecule has 5 aromatic rings. The van der Waals surface area contributed by atoms with Crippen LogP contribution in [0.5, 0.6) is 5.88 Å². The minimum absolute atomic E-state index is 0.0437. The Morgan fingerprint density at radius 1 is 1.16 bits per heavy atom. The smallest absolute Gasteiger partial charge is 0.270 e. The number of para-hydroxylation sites is 1. The molecule has 5 rings (SSSR count). The first kappa shape index (κ1) is 19.5. The fourth-order valence-corrected chi connectivity index (χ4v) is 4.30. The van der Waals surface area contributed by atoms with Crippen LogP contribution in [-0.4, -0.2) is 25.0 Å². The topological polar surface area (TPSA) is 84.2 Å². The number of hydrogen-bond donors (Lipinski definition) is 1. The number of thiazole rings is 1. The van der Waals surface area contributed by atoms with Crippen LogP contribution in [0.25, 0.3) is 15.9 Å². The number of aromatic hydroxyl groups is 1. The second kappa shape index (κ2) is 7.98. The highest BCUT2D eigenvalue weighted by molar-refractivity contribution is 7.15. The van der Waals surface area contributed by atoms with Crippen LogP contribution in [-0.2, 0) is 17.8 Å². The van der Waals surface area contributed by atoms with E-state index in [4.69, 9.17) is 11.6 Å². The molecule has 3 aromatic heterocycles. The fraction of sp³-hybridized carbons (Fsp3) is 0.0909. The molecule has 0 fully saturated rings. The first-order chi connectivity index (χ1) is 15.1. The van der Waals surface area contributed by atoms with Crippen LogP contribution < -0.4 is 0 Å². The van der Waals surface area contributed by atoms with Crippen molar-refractivity contribution < 1.29 is 9.90 Å². The van der Waals surface area contributed by atoms with Crippen LogP contribution in [0.2, 0.25) is 5.02 Å². The van der Waals surface area contributed by atoms with Gasteiger partial charge in [0.05, 0.1) is 24.2 Å². The minimum atomic E-state index is -0.431.